The molecule has 0 aromatic heterocycles. The number of aromatic hydroxyl groups is 1. The van der Waals surface area contributed by atoms with Crippen molar-refractivity contribution in [1.82, 2.24) is 0 Å². The minimum absolute atomic E-state index is 0.193. The van der Waals surface area contributed by atoms with E-state index in [-0.39, 0.29) is 11.1 Å². The van der Waals surface area contributed by atoms with Crippen LogP contribution in [-0.2, 0) is 10.4 Å². The van der Waals surface area contributed by atoms with Crippen LogP contribution in [0.4, 0.5) is 5.69 Å². The van der Waals surface area contributed by atoms with Gasteiger partial charge in [-0.25, -0.2) is 0 Å². The molecular formula is C14H11NO8S. The van der Waals surface area contributed by atoms with Crippen molar-refractivity contribution in [2.75, 3.05) is 0 Å². The SMILES string of the molecule is Cc1ccc(C(=O)c2cc(OS(=O)(=O)O)c(O)c([N+](=O)[O-])c2)cc1. The Morgan fingerprint density at radius 1 is 1.17 bits per heavy atom. The molecule has 0 aliphatic heterocycles. The third-order valence-corrected chi connectivity index (χ3v) is 3.41. The van der Waals surface area contributed by atoms with Crippen LogP contribution in [-0.4, -0.2) is 28.8 Å². The van der Waals surface area contributed by atoms with Gasteiger partial charge in [-0.1, -0.05) is 29.8 Å². The van der Waals surface area contributed by atoms with Crippen molar-refractivity contribution in [3.63, 3.8) is 0 Å². The second-order valence-corrected chi connectivity index (χ2v) is 5.83. The van der Waals surface area contributed by atoms with Crippen LogP contribution in [0.5, 0.6) is 11.5 Å². The highest BCUT2D eigenvalue weighted by Crippen LogP contribution is 2.38. The molecule has 0 fully saturated rings. The zero-order valence-electron chi connectivity index (χ0n) is 12.2. The Morgan fingerprint density at radius 2 is 1.75 bits per heavy atom. The van der Waals surface area contributed by atoms with E-state index in [0.29, 0.717) is 0 Å². The summed E-state index contributed by atoms with van der Waals surface area (Å²) in [6.45, 7) is 1.80. The van der Waals surface area contributed by atoms with Crippen molar-refractivity contribution in [1.29, 1.82) is 0 Å². The van der Waals surface area contributed by atoms with Crippen LogP contribution in [0.3, 0.4) is 0 Å². The fourth-order valence-electron chi connectivity index (χ4n) is 1.91. The lowest BCUT2D eigenvalue weighted by molar-refractivity contribution is -0.385. The number of carbonyl (C=O) groups excluding carboxylic acids is 1. The molecule has 0 radical (unpaired) electrons. The Hall–Kier alpha value is -2.98. The molecule has 2 N–H and O–H groups in total. The number of carbonyl (C=O) groups is 1. The van der Waals surface area contributed by atoms with Gasteiger partial charge in [0.1, 0.15) is 0 Å². The minimum atomic E-state index is -5.05. The predicted molar refractivity (Wildman–Crippen MR) is 81.5 cm³/mol. The molecule has 0 spiro atoms. The van der Waals surface area contributed by atoms with E-state index < -0.39 is 38.3 Å². The van der Waals surface area contributed by atoms with Gasteiger partial charge in [0.2, 0.25) is 5.75 Å². The Balaban J connectivity index is 2.59. The molecular weight excluding hydrogens is 342 g/mol. The van der Waals surface area contributed by atoms with E-state index >= 15 is 0 Å². The van der Waals surface area contributed by atoms with Crippen LogP contribution >= 0.6 is 0 Å². The molecule has 24 heavy (non-hydrogen) atoms. The monoisotopic (exact) mass is 353 g/mol. The number of rotatable bonds is 5. The van der Waals surface area contributed by atoms with Crippen LogP contribution < -0.4 is 4.18 Å². The van der Waals surface area contributed by atoms with Gasteiger partial charge in [0, 0.05) is 17.2 Å². The summed E-state index contributed by atoms with van der Waals surface area (Å²) in [6, 6.07) is 7.85. The number of nitro groups is 1. The largest absolute Gasteiger partial charge is 0.499 e. The summed E-state index contributed by atoms with van der Waals surface area (Å²) in [4.78, 5) is 22.3. The maximum Gasteiger partial charge on any atom is 0.446 e. The number of hydrogen-bond donors (Lipinski definition) is 2. The van der Waals surface area contributed by atoms with Gasteiger partial charge in [-0.15, -0.1) is 0 Å². The number of benzene rings is 2. The third kappa shape index (κ3) is 3.86. The number of phenols is 1. The summed E-state index contributed by atoms with van der Waals surface area (Å²) in [7, 11) is -5.05. The quantitative estimate of drug-likeness (QED) is 0.359. The second kappa shape index (κ2) is 6.26. The maximum absolute atomic E-state index is 12.4. The van der Waals surface area contributed by atoms with E-state index in [1.54, 1.807) is 19.1 Å². The van der Waals surface area contributed by atoms with E-state index in [1.807, 2.05) is 0 Å². The molecule has 0 amide bonds. The molecule has 0 bridgehead atoms. The maximum atomic E-state index is 12.4. The zero-order valence-corrected chi connectivity index (χ0v) is 13.0. The van der Waals surface area contributed by atoms with Crippen LogP contribution in [0.15, 0.2) is 36.4 Å². The number of nitro benzene ring substituents is 1. The molecule has 2 aromatic carbocycles. The summed E-state index contributed by atoms with van der Waals surface area (Å²) in [6.07, 6.45) is 0. The van der Waals surface area contributed by atoms with Crippen LogP contribution in [0.2, 0.25) is 0 Å². The molecule has 2 rings (SSSR count). The van der Waals surface area contributed by atoms with E-state index in [1.165, 1.54) is 12.1 Å². The van der Waals surface area contributed by atoms with Crippen LogP contribution in [0.25, 0.3) is 0 Å². The van der Waals surface area contributed by atoms with E-state index in [0.717, 1.165) is 17.7 Å². The molecule has 0 saturated carbocycles. The molecule has 9 nitrogen and oxygen atoms in total. The van der Waals surface area contributed by atoms with Crippen molar-refractivity contribution in [2.45, 2.75) is 6.92 Å². The molecule has 0 aliphatic rings. The number of aryl methyl sites for hydroxylation is 1. The van der Waals surface area contributed by atoms with Gasteiger partial charge in [0.15, 0.2) is 11.5 Å². The predicted octanol–water partition coefficient (Wildman–Crippen LogP) is 2.02. The number of hydrogen-bond acceptors (Lipinski definition) is 7. The topological polar surface area (TPSA) is 144 Å². The first-order chi connectivity index (χ1) is 11.1. The highest BCUT2D eigenvalue weighted by atomic mass is 32.3. The smallest absolute Gasteiger partial charge is 0.446 e. The van der Waals surface area contributed by atoms with Crippen molar-refractivity contribution in [2.24, 2.45) is 0 Å². The molecule has 0 heterocycles. The van der Waals surface area contributed by atoms with E-state index in [4.69, 9.17) is 4.55 Å². The van der Waals surface area contributed by atoms with Gasteiger partial charge in [-0.05, 0) is 13.0 Å². The summed E-state index contributed by atoms with van der Waals surface area (Å²) in [5.41, 5.74) is -0.148. The molecule has 10 heteroatoms. The standard InChI is InChI=1S/C14H11NO8S/c1-8-2-4-9(5-3-8)13(16)10-6-11(15(18)19)14(17)12(7-10)23-24(20,21)22/h2-7,17H,1H3,(H,20,21,22). The first-order valence-corrected chi connectivity index (χ1v) is 7.74. The van der Waals surface area contributed by atoms with Gasteiger partial charge in [-0.3, -0.25) is 19.5 Å². The van der Waals surface area contributed by atoms with Crippen molar-refractivity contribution in [3.8, 4) is 11.5 Å². The fourth-order valence-corrected chi connectivity index (χ4v) is 2.27. The Bertz CT molecular complexity index is 919. The van der Waals surface area contributed by atoms with Gasteiger partial charge in [0.25, 0.3) is 0 Å². The molecule has 126 valence electrons. The van der Waals surface area contributed by atoms with Gasteiger partial charge < -0.3 is 9.29 Å². The molecule has 0 saturated heterocycles. The van der Waals surface area contributed by atoms with E-state index in [9.17, 15) is 28.4 Å². The summed E-state index contributed by atoms with van der Waals surface area (Å²) >= 11 is 0. The number of nitrogens with zero attached hydrogens (tertiary/aromatic N) is 1. The average Bonchev–Trinajstić information content (AvgIpc) is 2.47. The van der Waals surface area contributed by atoms with Crippen molar-refractivity contribution >= 4 is 21.9 Å². The van der Waals surface area contributed by atoms with Crippen LogP contribution in [0.1, 0.15) is 21.5 Å². The Kier molecular flexibility index (Phi) is 4.53. The third-order valence-electron chi connectivity index (χ3n) is 3.02. The summed E-state index contributed by atoms with van der Waals surface area (Å²) in [5.74, 6) is -2.71. The minimum Gasteiger partial charge on any atom is -0.499 e. The van der Waals surface area contributed by atoms with Gasteiger partial charge in [0.05, 0.1) is 4.92 Å². The highest BCUT2D eigenvalue weighted by molar-refractivity contribution is 7.81. The first-order valence-electron chi connectivity index (χ1n) is 6.38. The van der Waals surface area contributed by atoms with Crippen molar-refractivity contribution in [3.05, 3.63) is 63.2 Å². The number of phenolic OH excluding ortho intramolecular Hbond substituents is 1. The summed E-state index contributed by atoms with van der Waals surface area (Å²) < 4.78 is 34.4. The second-order valence-electron chi connectivity index (χ2n) is 4.81. The van der Waals surface area contributed by atoms with E-state index in [2.05, 4.69) is 4.18 Å². The highest BCUT2D eigenvalue weighted by Gasteiger charge is 2.25. The lowest BCUT2D eigenvalue weighted by Crippen LogP contribution is -2.09. The number of ketones is 1. The van der Waals surface area contributed by atoms with Gasteiger partial charge in [-0.2, -0.15) is 8.42 Å². The molecule has 0 atom stereocenters. The average molecular weight is 353 g/mol. The first kappa shape index (κ1) is 17.4. The van der Waals surface area contributed by atoms with Crippen LogP contribution in [0, 0.1) is 17.0 Å². The molecule has 0 unspecified atom stereocenters. The lowest BCUT2D eigenvalue weighted by atomic mass is 10.0. The van der Waals surface area contributed by atoms with Gasteiger partial charge >= 0.3 is 16.1 Å². The normalized spacial score (nSPS) is 11.1. The Labute approximate surface area is 136 Å². The Morgan fingerprint density at radius 3 is 2.25 bits per heavy atom. The lowest BCUT2D eigenvalue weighted by Gasteiger charge is -2.08. The summed E-state index contributed by atoms with van der Waals surface area (Å²) in [5, 5.41) is 20.6. The van der Waals surface area contributed by atoms with Crippen molar-refractivity contribution < 1.29 is 32.0 Å². The molecule has 0 aliphatic carbocycles. The zero-order chi connectivity index (χ0) is 18.1. The molecule has 2 aromatic rings. The fraction of sp³-hybridized carbons (Fsp3) is 0.0714.